The number of carboxylic acids is 1. The van der Waals surface area contributed by atoms with Crippen LogP contribution in [-0.2, 0) is 0 Å². The predicted octanol–water partition coefficient (Wildman–Crippen LogP) is 2.18. The van der Waals surface area contributed by atoms with Crippen molar-refractivity contribution in [1.82, 2.24) is 5.32 Å². The highest BCUT2D eigenvalue weighted by Gasteiger charge is 2.15. The SMILES string of the molecule is C#CCCNC(=O)Nc1cccc(Cl)c1C(=O)O. The summed E-state index contributed by atoms with van der Waals surface area (Å²) in [6.45, 7) is 0.311. The van der Waals surface area contributed by atoms with E-state index in [9.17, 15) is 9.59 Å². The topological polar surface area (TPSA) is 78.4 Å². The second kappa shape index (κ2) is 6.52. The van der Waals surface area contributed by atoms with Crippen molar-refractivity contribution < 1.29 is 14.7 Å². The zero-order valence-corrected chi connectivity index (χ0v) is 10.1. The van der Waals surface area contributed by atoms with Gasteiger partial charge < -0.3 is 15.7 Å². The molecule has 3 N–H and O–H groups in total. The number of carboxylic acid groups (broad SMARTS) is 1. The van der Waals surface area contributed by atoms with Crippen molar-refractivity contribution in [3.8, 4) is 12.3 Å². The van der Waals surface area contributed by atoms with Gasteiger partial charge in [0.25, 0.3) is 0 Å². The first-order valence-corrected chi connectivity index (χ1v) is 5.44. The third-order valence-electron chi connectivity index (χ3n) is 2.03. The highest BCUT2D eigenvalue weighted by Crippen LogP contribution is 2.24. The second-order valence-corrected chi connectivity index (χ2v) is 3.71. The zero-order valence-electron chi connectivity index (χ0n) is 9.37. The van der Waals surface area contributed by atoms with Crippen LogP contribution in [0.1, 0.15) is 16.8 Å². The molecule has 18 heavy (non-hydrogen) atoms. The van der Waals surface area contributed by atoms with E-state index in [0.29, 0.717) is 13.0 Å². The number of anilines is 1. The minimum atomic E-state index is -1.21. The minimum Gasteiger partial charge on any atom is -0.478 e. The van der Waals surface area contributed by atoms with Gasteiger partial charge in [-0.2, -0.15) is 0 Å². The number of halogens is 1. The van der Waals surface area contributed by atoms with E-state index in [0.717, 1.165) is 0 Å². The fraction of sp³-hybridized carbons (Fsp3) is 0.167. The van der Waals surface area contributed by atoms with Crippen LogP contribution in [0.5, 0.6) is 0 Å². The molecule has 0 spiro atoms. The molecule has 0 atom stereocenters. The number of terminal acetylenes is 1. The fourth-order valence-corrected chi connectivity index (χ4v) is 1.52. The lowest BCUT2D eigenvalue weighted by atomic mass is 10.2. The number of carbonyl (C=O) groups is 2. The third kappa shape index (κ3) is 3.68. The Morgan fingerprint density at radius 1 is 1.44 bits per heavy atom. The van der Waals surface area contributed by atoms with Gasteiger partial charge in [0.1, 0.15) is 5.56 Å². The zero-order chi connectivity index (χ0) is 13.5. The van der Waals surface area contributed by atoms with Gasteiger partial charge in [0.2, 0.25) is 0 Å². The Morgan fingerprint density at radius 3 is 2.78 bits per heavy atom. The molecule has 0 heterocycles. The normalized spacial score (nSPS) is 9.33. The predicted molar refractivity (Wildman–Crippen MR) is 68.9 cm³/mol. The third-order valence-corrected chi connectivity index (χ3v) is 2.35. The van der Waals surface area contributed by atoms with Crippen LogP contribution >= 0.6 is 11.6 Å². The smallest absolute Gasteiger partial charge is 0.339 e. The van der Waals surface area contributed by atoms with Gasteiger partial charge in [-0.25, -0.2) is 9.59 Å². The van der Waals surface area contributed by atoms with Crippen LogP contribution in [0.4, 0.5) is 10.5 Å². The summed E-state index contributed by atoms with van der Waals surface area (Å²) >= 11 is 5.76. The van der Waals surface area contributed by atoms with Gasteiger partial charge in [-0.1, -0.05) is 17.7 Å². The Balaban J connectivity index is 2.79. The fourth-order valence-electron chi connectivity index (χ4n) is 1.26. The van der Waals surface area contributed by atoms with Crippen molar-refractivity contribution in [3.63, 3.8) is 0 Å². The number of nitrogens with one attached hydrogen (secondary N) is 2. The van der Waals surface area contributed by atoms with Crippen LogP contribution in [0.15, 0.2) is 18.2 Å². The van der Waals surface area contributed by atoms with Crippen molar-refractivity contribution >= 4 is 29.3 Å². The molecule has 1 aromatic carbocycles. The summed E-state index contributed by atoms with van der Waals surface area (Å²) in [5.41, 5.74) is -0.0144. The van der Waals surface area contributed by atoms with Gasteiger partial charge in [-0.3, -0.25) is 0 Å². The Morgan fingerprint density at radius 2 is 2.17 bits per heavy atom. The average Bonchev–Trinajstić information content (AvgIpc) is 2.28. The molecular weight excluding hydrogens is 256 g/mol. The standard InChI is InChI=1S/C12H11ClN2O3/c1-2-3-7-14-12(18)15-9-6-4-5-8(13)10(9)11(16)17/h1,4-6H,3,7H2,(H,16,17)(H2,14,15,18). The molecule has 0 aromatic heterocycles. The van der Waals surface area contributed by atoms with Gasteiger partial charge in [-0.15, -0.1) is 12.3 Å². The highest BCUT2D eigenvalue weighted by atomic mass is 35.5. The Bertz CT molecular complexity index is 509. The highest BCUT2D eigenvalue weighted by molar-refractivity contribution is 6.34. The van der Waals surface area contributed by atoms with Crippen molar-refractivity contribution in [2.45, 2.75) is 6.42 Å². The lowest BCUT2D eigenvalue weighted by Crippen LogP contribution is -2.30. The van der Waals surface area contributed by atoms with Gasteiger partial charge in [0.15, 0.2) is 0 Å². The number of rotatable bonds is 4. The molecule has 1 rings (SSSR count). The number of hydrogen-bond donors (Lipinski definition) is 3. The van der Waals surface area contributed by atoms with Gasteiger partial charge in [0, 0.05) is 13.0 Å². The van der Waals surface area contributed by atoms with Gasteiger partial charge in [-0.05, 0) is 12.1 Å². The molecule has 5 nitrogen and oxygen atoms in total. The molecule has 0 unspecified atom stereocenters. The van der Waals surface area contributed by atoms with Crippen molar-refractivity contribution in [1.29, 1.82) is 0 Å². The molecule has 0 aliphatic heterocycles. The van der Waals surface area contributed by atoms with Gasteiger partial charge in [0.05, 0.1) is 10.7 Å². The molecule has 0 saturated carbocycles. The first-order valence-electron chi connectivity index (χ1n) is 5.06. The largest absolute Gasteiger partial charge is 0.478 e. The first-order chi connectivity index (χ1) is 8.56. The molecule has 0 aliphatic rings. The molecule has 0 aliphatic carbocycles. The van der Waals surface area contributed by atoms with E-state index in [2.05, 4.69) is 16.6 Å². The Hall–Kier alpha value is -2.19. The quantitative estimate of drug-likeness (QED) is 0.577. The van der Waals surface area contributed by atoms with E-state index in [-0.39, 0.29) is 16.3 Å². The number of urea groups is 1. The lowest BCUT2D eigenvalue weighted by molar-refractivity contribution is 0.0698. The summed E-state index contributed by atoms with van der Waals surface area (Å²) in [4.78, 5) is 22.4. The van der Waals surface area contributed by atoms with Crippen LogP contribution in [0.25, 0.3) is 0 Å². The van der Waals surface area contributed by atoms with E-state index < -0.39 is 12.0 Å². The molecule has 0 bridgehead atoms. The van der Waals surface area contributed by atoms with Crippen LogP contribution in [-0.4, -0.2) is 23.7 Å². The summed E-state index contributed by atoms with van der Waals surface area (Å²) in [7, 11) is 0. The molecule has 0 fully saturated rings. The summed E-state index contributed by atoms with van der Waals surface area (Å²) in [5, 5.41) is 13.9. The molecule has 0 saturated heterocycles. The molecular formula is C12H11ClN2O3. The summed E-state index contributed by atoms with van der Waals surface area (Å²) in [6.07, 6.45) is 5.43. The molecule has 6 heteroatoms. The Labute approximate surface area is 109 Å². The summed E-state index contributed by atoms with van der Waals surface area (Å²) in [5.74, 6) is 1.16. The number of hydrogen-bond acceptors (Lipinski definition) is 2. The van der Waals surface area contributed by atoms with Crippen molar-refractivity contribution in [3.05, 3.63) is 28.8 Å². The van der Waals surface area contributed by atoms with Crippen LogP contribution in [0, 0.1) is 12.3 Å². The summed E-state index contributed by atoms with van der Waals surface area (Å²) < 4.78 is 0. The second-order valence-electron chi connectivity index (χ2n) is 3.30. The van der Waals surface area contributed by atoms with Crippen molar-refractivity contribution in [2.75, 3.05) is 11.9 Å². The van der Waals surface area contributed by atoms with E-state index in [1.54, 1.807) is 6.07 Å². The molecule has 0 radical (unpaired) electrons. The minimum absolute atomic E-state index is 0.0592. The van der Waals surface area contributed by atoms with Gasteiger partial charge >= 0.3 is 12.0 Å². The van der Waals surface area contributed by atoms with E-state index in [1.165, 1.54) is 12.1 Å². The number of amides is 2. The number of benzene rings is 1. The Kier molecular flexibility index (Phi) is 5.03. The monoisotopic (exact) mass is 266 g/mol. The molecule has 1 aromatic rings. The van der Waals surface area contributed by atoms with Crippen molar-refractivity contribution in [2.24, 2.45) is 0 Å². The van der Waals surface area contributed by atoms with E-state index in [1.807, 2.05) is 0 Å². The van der Waals surface area contributed by atoms with E-state index >= 15 is 0 Å². The number of carbonyl (C=O) groups excluding carboxylic acids is 1. The maximum Gasteiger partial charge on any atom is 0.339 e. The molecule has 2 amide bonds. The van der Waals surface area contributed by atoms with Crippen LogP contribution < -0.4 is 10.6 Å². The maximum absolute atomic E-state index is 11.4. The van der Waals surface area contributed by atoms with Crippen LogP contribution in [0.2, 0.25) is 5.02 Å². The summed E-state index contributed by atoms with van der Waals surface area (Å²) in [6, 6.07) is 3.91. The first kappa shape index (κ1) is 13.9. The van der Waals surface area contributed by atoms with Crippen LogP contribution in [0.3, 0.4) is 0 Å². The maximum atomic E-state index is 11.4. The average molecular weight is 267 g/mol. The lowest BCUT2D eigenvalue weighted by Gasteiger charge is -2.10. The number of aromatic carboxylic acids is 1. The van der Waals surface area contributed by atoms with E-state index in [4.69, 9.17) is 23.1 Å². The molecule has 94 valence electrons.